The zero-order valence-corrected chi connectivity index (χ0v) is 13.9. The van der Waals surface area contributed by atoms with Gasteiger partial charge in [0.1, 0.15) is 5.82 Å². The van der Waals surface area contributed by atoms with E-state index in [-0.39, 0.29) is 27.7 Å². The molecule has 1 unspecified atom stereocenters. The Kier molecular flexibility index (Phi) is 5.20. The van der Waals surface area contributed by atoms with Gasteiger partial charge in [0.25, 0.3) is 0 Å². The Bertz CT molecular complexity index is 626. The van der Waals surface area contributed by atoms with E-state index in [1.54, 1.807) is 0 Å². The summed E-state index contributed by atoms with van der Waals surface area (Å²) in [5, 5.41) is 0. The van der Waals surface area contributed by atoms with Crippen molar-refractivity contribution in [3.63, 3.8) is 0 Å². The van der Waals surface area contributed by atoms with Gasteiger partial charge in [0.15, 0.2) is 0 Å². The van der Waals surface area contributed by atoms with Gasteiger partial charge in [-0.1, -0.05) is 0 Å². The quantitative estimate of drug-likeness (QED) is 0.752. The number of likely N-dealkylation sites (N-methyl/N-ethyl adjacent to an activating group) is 1. The SMILES string of the molecule is CN1CCOC(CNS(=O)(=O)c2cc(N)c(F)cc2Br)C1. The summed E-state index contributed by atoms with van der Waals surface area (Å²) >= 11 is 3.04. The van der Waals surface area contributed by atoms with Crippen LogP contribution in [0.4, 0.5) is 10.1 Å². The van der Waals surface area contributed by atoms with E-state index >= 15 is 0 Å². The fourth-order valence-corrected chi connectivity index (χ4v) is 4.13. The standard InChI is InChI=1S/C12H17BrFN3O3S/c1-17-2-3-20-8(7-17)6-16-21(18,19)12-5-11(15)10(14)4-9(12)13/h4-5,8,16H,2-3,6-7,15H2,1H3. The van der Waals surface area contributed by atoms with E-state index in [0.29, 0.717) is 13.2 Å². The van der Waals surface area contributed by atoms with Gasteiger partial charge < -0.3 is 15.4 Å². The van der Waals surface area contributed by atoms with Gasteiger partial charge in [-0.05, 0) is 35.1 Å². The van der Waals surface area contributed by atoms with Gasteiger partial charge in [0.2, 0.25) is 10.0 Å². The monoisotopic (exact) mass is 381 g/mol. The lowest BCUT2D eigenvalue weighted by molar-refractivity contribution is -0.0156. The Morgan fingerprint density at radius 2 is 2.29 bits per heavy atom. The molecule has 9 heteroatoms. The minimum atomic E-state index is -3.79. The zero-order chi connectivity index (χ0) is 15.6. The molecule has 1 fully saturated rings. The summed E-state index contributed by atoms with van der Waals surface area (Å²) in [6, 6.07) is 2.13. The molecule has 0 saturated carbocycles. The number of nitrogen functional groups attached to an aromatic ring is 1. The third-order valence-electron chi connectivity index (χ3n) is 3.18. The van der Waals surface area contributed by atoms with Gasteiger partial charge in [-0.2, -0.15) is 0 Å². The van der Waals surface area contributed by atoms with Gasteiger partial charge >= 0.3 is 0 Å². The number of nitrogens with one attached hydrogen (secondary N) is 1. The first kappa shape index (κ1) is 16.6. The van der Waals surface area contributed by atoms with E-state index in [4.69, 9.17) is 10.5 Å². The van der Waals surface area contributed by atoms with E-state index in [2.05, 4.69) is 25.6 Å². The molecule has 0 spiro atoms. The number of nitrogens with two attached hydrogens (primary N) is 1. The number of nitrogens with zero attached hydrogens (tertiary/aromatic N) is 1. The van der Waals surface area contributed by atoms with Gasteiger partial charge in [0.05, 0.1) is 23.3 Å². The fraction of sp³-hybridized carbons (Fsp3) is 0.500. The molecule has 2 rings (SSSR count). The average Bonchev–Trinajstić information content (AvgIpc) is 2.41. The van der Waals surface area contributed by atoms with E-state index < -0.39 is 15.8 Å². The molecule has 0 aliphatic carbocycles. The highest BCUT2D eigenvalue weighted by atomic mass is 79.9. The molecule has 0 bridgehead atoms. The molecule has 3 N–H and O–H groups in total. The molecule has 21 heavy (non-hydrogen) atoms. The predicted octanol–water partition coefficient (Wildman–Crippen LogP) is 0.779. The highest BCUT2D eigenvalue weighted by molar-refractivity contribution is 9.10. The van der Waals surface area contributed by atoms with Crippen LogP contribution in [0, 0.1) is 5.82 Å². The van der Waals surface area contributed by atoms with Gasteiger partial charge in [0, 0.05) is 24.1 Å². The normalized spacial score (nSPS) is 20.6. The number of halogens is 2. The third kappa shape index (κ3) is 4.13. The topological polar surface area (TPSA) is 84.7 Å². The first-order chi connectivity index (χ1) is 9.79. The van der Waals surface area contributed by atoms with Crippen molar-refractivity contribution in [1.82, 2.24) is 9.62 Å². The van der Waals surface area contributed by atoms with Crippen LogP contribution >= 0.6 is 15.9 Å². The largest absolute Gasteiger partial charge is 0.396 e. The second-order valence-corrected chi connectivity index (χ2v) is 7.50. The van der Waals surface area contributed by atoms with Gasteiger partial charge in [-0.3, -0.25) is 0 Å². The van der Waals surface area contributed by atoms with Crippen LogP contribution in [0.5, 0.6) is 0 Å². The van der Waals surface area contributed by atoms with Crippen molar-refractivity contribution < 1.29 is 17.5 Å². The zero-order valence-electron chi connectivity index (χ0n) is 11.5. The Hall–Kier alpha value is -0.740. The lowest BCUT2D eigenvalue weighted by atomic mass is 10.3. The van der Waals surface area contributed by atoms with Crippen molar-refractivity contribution in [2.45, 2.75) is 11.0 Å². The van der Waals surface area contributed by atoms with E-state index in [1.807, 2.05) is 7.05 Å². The molecular weight excluding hydrogens is 365 g/mol. The number of benzene rings is 1. The summed E-state index contributed by atoms with van der Waals surface area (Å²) in [4.78, 5) is 1.97. The van der Waals surface area contributed by atoms with Crippen molar-refractivity contribution in [3.8, 4) is 0 Å². The van der Waals surface area contributed by atoms with Crippen LogP contribution in [0.25, 0.3) is 0 Å². The average molecular weight is 382 g/mol. The molecular formula is C12H17BrFN3O3S. The van der Waals surface area contributed by atoms with Crippen LogP contribution < -0.4 is 10.5 Å². The minimum Gasteiger partial charge on any atom is -0.396 e. The summed E-state index contributed by atoms with van der Waals surface area (Å²) in [6.07, 6.45) is -0.213. The van der Waals surface area contributed by atoms with Crippen LogP contribution in [-0.4, -0.2) is 52.7 Å². The second-order valence-electron chi connectivity index (χ2n) is 4.91. The number of rotatable bonds is 4. The van der Waals surface area contributed by atoms with Gasteiger partial charge in [-0.25, -0.2) is 17.5 Å². The maximum Gasteiger partial charge on any atom is 0.241 e. The fourth-order valence-electron chi connectivity index (χ4n) is 2.02. The molecule has 1 aromatic rings. The Morgan fingerprint density at radius 1 is 1.57 bits per heavy atom. The Labute approximate surface area is 131 Å². The van der Waals surface area contributed by atoms with Crippen molar-refractivity contribution in [3.05, 3.63) is 22.4 Å². The van der Waals surface area contributed by atoms with Crippen LogP contribution in [0.1, 0.15) is 0 Å². The van der Waals surface area contributed by atoms with Crippen molar-refractivity contribution >= 4 is 31.6 Å². The van der Waals surface area contributed by atoms with Crippen LogP contribution in [-0.2, 0) is 14.8 Å². The van der Waals surface area contributed by atoms with E-state index in [9.17, 15) is 12.8 Å². The molecule has 0 amide bonds. The lowest BCUT2D eigenvalue weighted by Crippen LogP contribution is -2.45. The van der Waals surface area contributed by atoms with Crippen molar-refractivity contribution in [1.29, 1.82) is 0 Å². The summed E-state index contributed by atoms with van der Waals surface area (Å²) in [6.45, 7) is 2.19. The highest BCUT2D eigenvalue weighted by Crippen LogP contribution is 2.26. The molecule has 118 valence electrons. The molecule has 0 aromatic heterocycles. The van der Waals surface area contributed by atoms with Crippen LogP contribution in [0.2, 0.25) is 0 Å². The molecule has 1 saturated heterocycles. The Morgan fingerprint density at radius 3 is 2.95 bits per heavy atom. The second kappa shape index (κ2) is 6.57. The van der Waals surface area contributed by atoms with E-state index in [0.717, 1.165) is 18.7 Å². The maximum absolute atomic E-state index is 13.3. The Balaban J connectivity index is 2.10. The number of ether oxygens (including phenoxy) is 1. The molecule has 0 radical (unpaired) electrons. The summed E-state index contributed by atoms with van der Waals surface area (Å²) in [7, 11) is -1.84. The first-order valence-corrected chi connectivity index (χ1v) is 8.61. The van der Waals surface area contributed by atoms with Crippen LogP contribution in [0.15, 0.2) is 21.5 Å². The highest BCUT2D eigenvalue weighted by Gasteiger charge is 2.23. The molecule has 1 heterocycles. The number of hydrogen-bond acceptors (Lipinski definition) is 5. The van der Waals surface area contributed by atoms with E-state index in [1.165, 1.54) is 0 Å². The predicted molar refractivity (Wildman–Crippen MR) is 80.9 cm³/mol. The molecule has 6 nitrogen and oxygen atoms in total. The van der Waals surface area contributed by atoms with Crippen molar-refractivity contribution in [2.24, 2.45) is 0 Å². The molecule has 1 atom stereocenters. The lowest BCUT2D eigenvalue weighted by Gasteiger charge is -2.30. The van der Waals surface area contributed by atoms with Gasteiger partial charge in [-0.15, -0.1) is 0 Å². The third-order valence-corrected chi connectivity index (χ3v) is 5.57. The number of hydrogen-bond donors (Lipinski definition) is 2. The molecule has 1 aliphatic heterocycles. The molecule has 1 aliphatic rings. The maximum atomic E-state index is 13.3. The summed E-state index contributed by atoms with van der Waals surface area (Å²) in [5.41, 5.74) is 5.21. The number of morpholine rings is 1. The first-order valence-electron chi connectivity index (χ1n) is 6.34. The smallest absolute Gasteiger partial charge is 0.241 e. The number of sulfonamides is 1. The van der Waals surface area contributed by atoms with Crippen molar-refractivity contribution in [2.75, 3.05) is 39.0 Å². The van der Waals surface area contributed by atoms with Crippen LogP contribution in [0.3, 0.4) is 0 Å². The summed E-state index contributed by atoms with van der Waals surface area (Å²) < 4.78 is 45.9. The summed E-state index contributed by atoms with van der Waals surface area (Å²) in [5.74, 6) is -0.668. The minimum absolute atomic E-state index is 0.0921. The number of anilines is 1. The molecule has 1 aromatic carbocycles.